The number of ether oxygens (including phenoxy) is 1. The van der Waals surface area contributed by atoms with Crippen molar-refractivity contribution in [2.24, 2.45) is 12.8 Å². The summed E-state index contributed by atoms with van der Waals surface area (Å²) < 4.78 is 22.2. The van der Waals surface area contributed by atoms with Gasteiger partial charge >= 0.3 is 0 Å². The summed E-state index contributed by atoms with van der Waals surface area (Å²) in [5.74, 6) is -1.02. The Labute approximate surface area is 190 Å². The normalized spacial score (nSPS) is 18.2. The minimum Gasteiger partial charge on any atom is -0.469 e. The van der Waals surface area contributed by atoms with Crippen LogP contribution in [0.25, 0.3) is 11.3 Å². The Hall–Kier alpha value is -3.82. The Bertz CT molecular complexity index is 1160. The molecule has 0 radical (unpaired) electrons. The van der Waals surface area contributed by atoms with E-state index in [1.807, 2.05) is 31.2 Å². The lowest BCUT2D eigenvalue weighted by atomic mass is 10.0. The first kappa shape index (κ1) is 22.4. The van der Waals surface area contributed by atoms with Gasteiger partial charge in [-0.15, -0.1) is 10.2 Å². The number of piperidine rings is 1. The Balaban J connectivity index is 1.42. The molecule has 0 unspecified atom stereocenters. The number of aryl methyl sites for hydroxylation is 2. The molecule has 0 aliphatic carbocycles. The van der Waals surface area contributed by atoms with E-state index in [0.717, 1.165) is 11.1 Å². The molecule has 0 spiro atoms. The molecule has 9 nitrogen and oxygen atoms in total. The number of hydrogen-bond acceptors (Lipinski definition) is 6. The van der Waals surface area contributed by atoms with Crippen LogP contribution in [0.2, 0.25) is 0 Å². The molecule has 4 rings (SSSR count). The molecule has 3 heterocycles. The zero-order chi connectivity index (χ0) is 23.5. The van der Waals surface area contributed by atoms with Gasteiger partial charge in [-0.2, -0.15) is 5.10 Å². The molecule has 2 N–H and O–H groups in total. The highest BCUT2D eigenvalue weighted by molar-refractivity contribution is 5.95. The van der Waals surface area contributed by atoms with E-state index in [0.29, 0.717) is 17.8 Å². The second kappa shape index (κ2) is 9.35. The number of halogens is 1. The van der Waals surface area contributed by atoms with Gasteiger partial charge in [0.15, 0.2) is 6.17 Å². The lowest BCUT2D eigenvalue weighted by molar-refractivity contribution is -0.134. The van der Waals surface area contributed by atoms with Crippen LogP contribution in [-0.4, -0.2) is 62.1 Å². The van der Waals surface area contributed by atoms with Crippen LogP contribution in [0.3, 0.4) is 0 Å². The van der Waals surface area contributed by atoms with Gasteiger partial charge in [0.1, 0.15) is 11.7 Å². The average molecular weight is 452 g/mol. The van der Waals surface area contributed by atoms with Gasteiger partial charge in [0.25, 0.3) is 5.91 Å². The number of carbonyl (C=O) groups excluding carboxylic acids is 2. The van der Waals surface area contributed by atoms with Gasteiger partial charge in [-0.05, 0) is 18.6 Å². The van der Waals surface area contributed by atoms with E-state index in [2.05, 4.69) is 15.3 Å². The number of aromatic nitrogens is 4. The molecular formula is C23H25FN6O3. The standard InChI is InChI=1S/C23H25FN6O3/c1-14-3-5-15(6-4-14)9-21(31)30-8-7-20(18(24)13-30)33-23-17(22(25)32)10-19(27-28-23)16-11-26-29(2)12-16/h3-6,10-12,18,20H,7-9,13H2,1-2H3,(H2,25,32)/t18-,20+/m1/s1. The molecule has 0 saturated carbocycles. The summed E-state index contributed by atoms with van der Waals surface area (Å²) in [6, 6.07) is 9.13. The van der Waals surface area contributed by atoms with Crippen LogP contribution in [0, 0.1) is 6.92 Å². The number of rotatable bonds is 6. The van der Waals surface area contributed by atoms with Crippen molar-refractivity contribution in [2.75, 3.05) is 13.1 Å². The highest BCUT2D eigenvalue weighted by Crippen LogP contribution is 2.26. The predicted molar refractivity (Wildman–Crippen MR) is 118 cm³/mol. The summed E-state index contributed by atoms with van der Waals surface area (Å²) in [5.41, 5.74) is 8.56. The van der Waals surface area contributed by atoms with Crippen molar-refractivity contribution in [1.29, 1.82) is 0 Å². The number of primary amides is 1. The summed E-state index contributed by atoms with van der Waals surface area (Å²) in [4.78, 5) is 26.1. The van der Waals surface area contributed by atoms with Gasteiger partial charge in [-0.25, -0.2) is 4.39 Å². The smallest absolute Gasteiger partial charge is 0.254 e. The molecule has 1 fully saturated rings. The van der Waals surface area contributed by atoms with Crippen molar-refractivity contribution in [2.45, 2.75) is 32.0 Å². The molecule has 3 aromatic rings. The van der Waals surface area contributed by atoms with Gasteiger partial charge in [0, 0.05) is 31.8 Å². The maximum atomic E-state index is 14.9. The van der Waals surface area contributed by atoms with Crippen molar-refractivity contribution in [1.82, 2.24) is 24.9 Å². The van der Waals surface area contributed by atoms with Crippen molar-refractivity contribution in [3.05, 3.63) is 59.4 Å². The number of amides is 2. The van der Waals surface area contributed by atoms with E-state index >= 15 is 0 Å². The highest BCUT2D eigenvalue weighted by atomic mass is 19.1. The fourth-order valence-corrected chi connectivity index (χ4v) is 3.72. The summed E-state index contributed by atoms with van der Waals surface area (Å²) >= 11 is 0. The van der Waals surface area contributed by atoms with Crippen LogP contribution in [0.5, 0.6) is 5.88 Å². The predicted octanol–water partition coefficient (Wildman–Crippen LogP) is 1.84. The van der Waals surface area contributed by atoms with Crippen LogP contribution in [-0.2, 0) is 18.3 Å². The number of likely N-dealkylation sites (tertiary alicyclic amines) is 1. The SMILES string of the molecule is Cc1ccc(CC(=O)N2CC[C@H](Oc3nnc(-c4cnn(C)c4)cc3C(N)=O)[C@H](F)C2)cc1. The molecule has 0 bridgehead atoms. The highest BCUT2D eigenvalue weighted by Gasteiger charge is 2.34. The molecular weight excluding hydrogens is 427 g/mol. The first-order chi connectivity index (χ1) is 15.8. The van der Waals surface area contributed by atoms with Crippen LogP contribution in [0.4, 0.5) is 4.39 Å². The molecule has 10 heteroatoms. The molecule has 1 aliphatic heterocycles. The molecule has 1 saturated heterocycles. The molecule has 2 atom stereocenters. The molecule has 2 aromatic heterocycles. The van der Waals surface area contributed by atoms with Crippen molar-refractivity contribution < 1.29 is 18.7 Å². The minimum absolute atomic E-state index is 0.00827. The molecule has 1 aromatic carbocycles. The van der Waals surface area contributed by atoms with E-state index in [1.165, 1.54) is 11.0 Å². The van der Waals surface area contributed by atoms with Crippen LogP contribution < -0.4 is 10.5 Å². The summed E-state index contributed by atoms with van der Waals surface area (Å²) in [6.45, 7) is 2.22. The monoisotopic (exact) mass is 452 g/mol. The van der Waals surface area contributed by atoms with Crippen molar-refractivity contribution in [3.8, 4) is 17.1 Å². The number of hydrogen-bond donors (Lipinski definition) is 1. The molecule has 33 heavy (non-hydrogen) atoms. The number of carbonyl (C=O) groups is 2. The second-order valence-corrected chi connectivity index (χ2v) is 8.18. The van der Waals surface area contributed by atoms with E-state index < -0.39 is 18.2 Å². The Kier molecular flexibility index (Phi) is 6.34. The van der Waals surface area contributed by atoms with Crippen molar-refractivity contribution in [3.63, 3.8) is 0 Å². The summed E-state index contributed by atoms with van der Waals surface area (Å²) in [6.07, 6.45) is 1.45. The Morgan fingerprint density at radius 2 is 2.00 bits per heavy atom. The van der Waals surface area contributed by atoms with E-state index in [1.54, 1.807) is 24.1 Å². The third-order valence-electron chi connectivity index (χ3n) is 5.60. The molecule has 1 aliphatic rings. The van der Waals surface area contributed by atoms with E-state index in [4.69, 9.17) is 10.5 Å². The van der Waals surface area contributed by atoms with Gasteiger partial charge in [0.2, 0.25) is 11.8 Å². The zero-order valence-electron chi connectivity index (χ0n) is 18.4. The fourth-order valence-electron chi connectivity index (χ4n) is 3.72. The number of nitrogens with zero attached hydrogens (tertiary/aromatic N) is 5. The maximum absolute atomic E-state index is 14.9. The van der Waals surface area contributed by atoms with E-state index in [9.17, 15) is 14.0 Å². The summed E-state index contributed by atoms with van der Waals surface area (Å²) in [7, 11) is 1.75. The first-order valence-electron chi connectivity index (χ1n) is 10.6. The van der Waals surface area contributed by atoms with Crippen LogP contribution >= 0.6 is 0 Å². The topological polar surface area (TPSA) is 116 Å². The minimum atomic E-state index is -1.44. The molecule has 172 valence electrons. The maximum Gasteiger partial charge on any atom is 0.254 e. The first-order valence-corrected chi connectivity index (χ1v) is 10.6. The van der Waals surface area contributed by atoms with Crippen LogP contribution in [0.1, 0.15) is 27.9 Å². The quantitative estimate of drug-likeness (QED) is 0.610. The number of nitrogens with two attached hydrogens (primary N) is 1. The lowest BCUT2D eigenvalue weighted by Gasteiger charge is -2.34. The Morgan fingerprint density at radius 3 is 2.64 bits per heavy atom. The van der Waals surface area contributed by atoms with Gasteiger partial charge in [0.05, 0.1) is 24.9 Å². The number of benzene rings is 1. The zero-order valence-corrected chi connectivity index (χ0v) is 18.4. The second-order valence-electron chi connectivity index (χ2n) is 8.18. The van der Waals surface area contributed by atoms with Crippen molar-refractivity contribution >= 4 is 11.8 Å². The van der Waals surface area contributed by atoms with E-state index in [-0.39, 0.29) is 36.7 Å². The molecule has 2 amide bonds. The fraction of sp³-hybridized carbons (Fsp3) is 0.348. The Morgan fingerprint density at radius 1 is 1.24 bits per heavy atom. The third kappa shape index (κ3) is 5.16. The van der Waals surface area contributed by atoms with Crippen LogP contribution in [0.15, 0.2) is 42.7 Å². The van der Waals surface area contributed by atoms with Gasteiger partial charge in [-0.1, -0.05) is 29.8 Å². The van der Waals surface area contributed by atoms with Gasteiger partial charge < -0.3 is 15.4 Å². The summed E-state index contributed by atoms with van der Waals surface area (Å²) in [5, 5.41) is 12.1. The lowest BCUT2D eigenvalue weighted by Crippen LogP contribution is -2.49. The van der Waals surface area contributed by atoms with Gasteiger partial charge in [-0.3, -0.25) is 14.3 Å². The largest absolute Gasteiger partial charge is 0.469 e. The number of alkyl halides is 1. The third-order valence-corrected chi connectivity index (χ3v) is 5.60. The average Bonchev–Trinajstić information content (AvgIpc) is 3.23.